The number of hydrogen-bond acceptors (Lipinski definition) is 7. The van der Waals surface area contributed by atoms with Crippen LogP contribution in [0.25, 0.3) is 11.7 Å². The van der Waals surface area contributed by atoms with E-state index >= 15 is 0 Å². The van der Waals surface area contributed by atoms with E-state index in [0.717, 1.165) is 56.9 Å². The van der Waals surface area contributed by atoms with Gasteiger partial charge in [-0.05, 0) is 43.4 Å². The molecular formula is C28H38N4O4S2. The number of nitrogens with zero attached hydrogens (tertiary/aromatic N) is 3. The highest BCUT2D eigenvalue weighted by Crippen LogP contribution is 2.33. The summed E-state index contributed by atoms with van der Waals surface area (Å²) in [5.74, 6) is -0.0570. The molecule has 0 aliphatic carbocycles. The van der Waals surface area contributed by atoms with E-state index in [9.17, 15) is 14.4 Å². The van der Waals surface area contributed by atoms with Gasteiger partial charge in [-0.2, -0.15) is 0 Å². The van der Waals surface area contributed by atoms with Crippen molar-refractivity contribution in [2.24, 2.45) is 5.92 Å². The van der Waals surface area contributed by atoms with Gasteiger partial charge in [-0.25, -0.2) is 4.98 Å². The first-order chi connectivity index (χ1) is 18.2. The van der Waals surface area contributed by atoms with Gasteiger partial charge in [-0.15, -0.1) is 0 Å². The minimum Gasteiger partial charge on any atom is -0.481 e. The molecule has 2 aromatic heterocycles. The lowest BCUT2D eigenvalue weighted by Crippen LogP contribution is -2.29. The molecule has 38 heavy (non-hydrogen) atoms. The summed E-state index contributed by atoms with van der Waals surface area (Å²) >= 11 is 6.74. The van der Waals surface area contributed by atoms with Crippen LogP contribution in [0.2, 0.25) is 0 Å². The van der Waals surface area contributed by atoms with Gasteiger partial charge >= 0.3 is 5.97 Å². The summed E-state index contributed by atoms with van der Waals surface area (Å²) < 4.78 is 2.04. The molecule has 0 atom stereocenters. The molecule has 0 unspecified atom stereocenters. The maximum atomic E-state index is 13.4. The Hall–Kier alpha value is -2.72. The number of unbranched alkanes of at least 4 members (excludes halogenated alkanes) is 7. The largest absolute Gasteiger partial charge is 0.481 e. The molecular weight excluding hydrogens is 520 g/mol. The quantitative estimate of drug-likeness (QED) is 0.159. The highest BCUT2D eigenvalue weighted by Gasteiger charge is 2.32. The number of fused-ring (bicyclic) bond motifs is 1. The molecule has 1 fully saturated rings. The monoisotopic (exact) mass is 558 g/mol. The van der Waals surface area contributed by atoms with E-state index in [0.29, 0.717) is 45.3 Å². The molecule has 3 rings (SSSR count). The van der Waals surface area contributed by atoms with Crippen molar-refractivity contribution in [3.63, 3.8) is 0 Å². The van der Waals surface area contributed by atoms with E-state index in [-0.39, 0.29) is 17.9 Å². The fourth-order valence-corrected chi connectivity index (χ4v) is 5.60. The van der Waals surface area contributed by atoms with Crippen LogP contribution in [-0.4, -0.2) is 48.7 Å². The Bertz CT molecular complexity index is 1260. The van der Waals surface area contributed by atoms with Crippen molar-refractivity contribution in [1.29, 1.82) is 0 Å². The lowest BCUT2D eigenvalue weighted by atomic mass is 10.1. The maximum Gasteiger partial charge on any atom is 0.303 e. The van der Waals surface area contributed by atoms with Gasteiger partial charge < -0.3 is 10.4 Å². The van der Waals surface area contributed by atoms with Gasteiger partial charge in [0.25, 0.3) is 11.5 Å². The number of carbonyl (C=O) groups excluding carboxylic acids is 1. The second-order valence-electron chi connectivity index (χ2n) is 10.1. The third kappa shape index (κ3) is 8.14. The van der Waals surface area contributed by atoms with E-state index < -0.39 is 5.97 Å². The van der Waals surface area contributed by atoms with Crippen LogP contribution >= 0.6 is 24.0 Å². The topological polar surface area (TPSA) is 104 Å². The number of pyridine rings is 1. The highest BCUT2D eigenvalue weighted by molar-refractivity contribution is 8.26. The van der Waals surface area contributed by atoms with Gasteiger partial charge in [-0.3, -0.25) is 23.7 Å². The molecule has 1 aliphatic rings. The number of carbonyl (C=O) groups is 2. The van der Waals surface area contributed by atoms with Crippen LogP contribution in [0.5, 0.6) is 0 Å². The minimum atomic E-state index is -0.727. The number of carboxylic acids is 1. The summed E-state index contributed by atoms with van der Waals surface area (Å²) in [6.45, 7) is 7.30. The Morgan fingerprint density at radius 3 is 2.45 bits per heavy atom. The average molecular weight is 559 g/mol. The molecule has 3 heterocycles. The molecule has 0 saturated carbocycles. The van der Waals surface area contributed by atoms with Crippen LogP contribution in [0.15, 0.2) is 28.0 Å². The van der Waals surface area contributed by atoms with Crippen molar-refractivity contribution in [2.75, 3.05) is 18.4 Å². The molecule has 1 saturated heterocycles. The molecule has 206 valence electrons. The van der Waals surface area contributed by atoms with Crippen LogP contribution in [0.4, 0.5) is 5.82 Å². The first-order valence-electron chi connectivity index (χ1n) is 13.4. The Balaban J connectivity index is 1.63. The fourth-order valence-electron chi connectivity index (χ4n) is 4.31. The number of anilines is 1. The number of thioether (sulfide) groups is 1. The second kappa shape index (κ2) is 14.4. The van der Waals surface area contributed by atoms with Crippen molar-refractivity contribution >= 4 is 57.7 Å². The minimum absolute atomic E-state index is 0.165. The van der Waals surface area contributed by atoms with E-state index in [4.69, 9.17) is 22.3 Å². The van der Waals surface area contributed by atoms with Crippen LogP contribution in [0, 0.1) is 12.8 Å². The van der Waals surface area contributed by atoms with Crippen molar-refractivity contribution in [1.82, 2.24) is 14.3 Å². The molecule has 0 aromatic carbocycles. The number of nitrogens with one attached hydrogen (secondary N) is 1. The average Bonchev–Trinajstić information content (AvgIpc) is 3.13. The summed E-state index contributed by atoms with van der Waals surface area (Å²) in [5.41, 5.74) is 1.62. The molecule has 2 N–H and O–H groups in total. The van der Waals surface area contributed by atoms with Crippen molar-refractivity contribution in [2.45, 2.75) is 78.6 Å². The Kier molecular flexibility index (Phi) is 11.3. The molecule has 10 heteroatoms. The summed E-state index contributed by atoms with van der Waals surface area (Å²) in [7, 11) is 0. The molecule has 0 bridgehead atoms. The number of carboxylic acid groups (broad SMARTS) is 1. The number of aromatic nitrogens is 2. The summed E-state index contributed by atoms with van der Waals surface area (Å²) in [4.78, 5) is 44.0. The van der Waals surface area contributed by atoms with Crippen molar-refractivity contribution in [3.05, 3.63) is 44.7 Å². The molecule has 1 amide bonds. The Labute approximate surface area is 233 Å². The number of rotatable bonds is 15. The number of aryl methyl sites for hydroxylation is 1. The van der Waals surface area contributed by atoms with Crippen LogP contribution in [0.3, 0.4) is 0 Å². The van der Waals surface area contributed by atoms with Crippen LogP contribution < -0.4 is 10.9 Å². The standard InChI is InChI=1S/C28H38N4O4S2/c1-19(2)18-29-24-21(26(35)31-16-12-13-20(3)25(31)30-24)17-22-27(36)32(28(37)38-22)15-11-9-7-5-4-6-8-10-14-23(33)34/h12-13,16-17,19,29H,4-11,14-15,18H2,1-3H3,(H,33,34)/b22-17+. The van der Waals surface area contributed by atoms with E-state index in [2.05, 4.69) is 19.2 Å². The van der Waals surface area contributed by atoms with Gasteiger partial charge in [0.1, 0.15) is 15.8 Å². The van der Waals surface area contributed by atoms with Gasteiger partial charge in [0.15, 0.2) is 0 Å². The number of amides is 1. The van der Waals surface area contributed by atoms with E-state index in [1.54, 1.807) is 17.2 Å². The Morgan fingerprint density at radius 2 is 1.79 bits per heavy atom. The molecule has 1 aliphatic heterocycles. The lowest BCUT2D eigenvalue weighted by molar-refractivity contribution is -0.137. The zero-order valence-electron chi connectivity index (χ0n) is 22.5. The van der Waals surface area contributed by atoms with Gasteiger partial charge in [0.2, 0.25) is 0 Å². The maximum absolute atomic E-state index is 13.4. The van der Waals surface area contributed by atoms with Gasteiger partial charge in [0.05, 0.1) is 10.5 Å². The predicted octanol–water partition coefficient (Wildman–Crippen LogP) is 5.87. The smallest absolute Gasteiger partial charge is 0.303 e. The lowest BCUT2D eigenvalue weighted by Gasteiger charge is -2.14. The third-order valence-corrected chi connectivity index (χ3v) is 7.81. The van der Waals surface area contributed by atoms with Crippen LogP contribution in [0.1, 0.15) is 82.8 Å². The van der Waals surface area contributed by atoms with Crippen molar-refractivity contribution in [3.8, 4) is 0 Å². The van der Waals surface area contributed by atoms with E-state index in [1.807, 2.05) is 19.1 Å². The molecule has 0 radical (unpaired) electrons. The second-order valence-corrected chi connectivity index (χ2v) is 11.8. The zero-order valence-corrected chi connectivity index (χ0v) is 24.1. The number of hydrogen-bond donors (Lipinski definition) is 2. The number of thiocarbonyl (C=S) groups is 1. The predicted molar refractivity (Wildman–Crippen MR) is 159 cm³/mol. The third-order valence-electron chi connectivity index (χ3n) is 6.43. The Morgan fingerprint density at radius 1 is 1.13 bits per heavy atom. The van der Waals surface area contributed by atoms with Gasteiger partial charge in [0, 0.05) is 25.7 Å². The highest BCUT2D eigenvalue weighted by atomic mass is 32.2. The first-order valence-corrected chi connectivity index (χ1v) is 14.6. The first kappa shape index (κ1) is 29.8. The molecule has 2 aromatic rings. The van der Waals surface area contributed by atoms with Gasteiger partial charge in [-0.1, -0.05) is 82.4 Å². The molecule has 0 spiro atoms. The summed E-state index contributed by atoms with van der Waals surface area (Å²) in [6.07, 6.45) is 11.5. The number of aliphatic carboxylic acids is 1. The molecule has 8 nitrogen and oxygen atoms in total. The zero-order chi connectivity index (χ0) is 27.7. The summed E-state index contributed by atoms with van der Waals surface area (Å²) in [5, 5.41) is 12.0. The van der Waals surface area contributed by atoms with E-state index in [1.165, 1.54) is 16.2 Å². The SMILES string of the molecule is Cc1cccn2c(=O)c(/C=C3/SC(=S)N(CCCCCCCCCCC(=O)O)C3=O)c(NCC(C)C)nc12. The van der Waals surface area contributed by atoms with Crippen LogP contribution in [-0.2, 0) is 9.59 Å². The van der Waals surface area contributed by atoms with Crippen molar-refractivity contribution < 1.29 is 14.7 Å². The summed E-state index contributed by atoms with van der Waals surface area (Å²) in [6, 6.07) is 3.73. The normalized spacial score (nSPS) is 14.8. The fraction of sp³-hybridized carbons (Fsp3) is 0.536.